The minimum Gasteiger partial charge on any atom is -0.362 e. The van der Waals surface area contributed by atoms with E-state index in [1.807, 2.05) is 30.3 Å². The van der Waals surface area contributed by atoms with Gasteiger partial charge in [-0.25, -0.2) is 0 Å². The zero-order valence-electron chi connectivity index (χ0n) is 13.0. The van der Waals surface area contributed by atoms with E-state index in [-0.39, 0.29) is 5.78 Å². The Hall–Kier alpha value is -3.08. The van der Waals surface area contributed by atoms with Crippen LogP contribution in [0, 0.1) is 0 Å². The molecule has 0 radical (unpaired) electrons. The fourth-order valence-corrected chi connectivity index (χ4v) is 2.41. The first kappa shape index (κ1) is 16.8. The molecule has 0 aliphatic heterocycles. The molecular weight excluding hydrogens is 327 g/mol. The third-order valence-electron chi connectivity index (χ3n) is 3.73. The number of nitrogens with one attached hydrogen (secondary N) is 1. The van der Waals surface area contributed by atoms with Gasteiger partial charge in [0.1, 0.15) is 0 Å². The number of fused-ring (bicyclic) bond motifs is 1. The number of anilines is 1. The molecule has 0 heterocycles. The van der Waals surface area contributed by atoms with Gasteiger partial charge in [-0.15, -0.1) is 0 Å². The van der Waals surface area contributed by atoms with Crippen molar-refractivity contribution in [2.24, 2.45) is 0 Å². The van der Waals surface area contributed by atoms with E-state index in [4.69, 9.17) is 0 Å². The maximum atomic E-state index is 12.5. The number of carbonyl (C=O) groups excluding carboxylic acids is 1. The average Bonchev–Trinajstić information content (AvgIpc) is 2.61. The second kappa shape index (κ2) is 6.81. The van der Waals surface area contributed by atoms with Crippen LogP contribution in [0.5, 0.6) is 0 Å². The SMILES string of the molecule is O=C(C=CNc1ccc(C(F)(F)F)cc1)c1ccc2ccccc2c1. The maximum Gasteiger partial charge on any atom is 0.416 e. The molecule has 2 nitrogen and oxygen atoms in total. The van der Waals surface area contributed by atoms with E-state index in [1.54, 1.807) is 12.1 Å². The molecule has 0 bridgehead atoms. The van der Waals surface area contributed by atoms with Crippen molar-refractivity contribution in [3.8, 4) is 0 Å². The highest BCUT2D eigenvalue weighted by Gasteiger charge is 2.29. The highest BCUT2D eigenvalue weighted by Crippen LogP contribution is 2.29. The van der Waals surface area contributed by atoms with Gasteiger partial charge in [-0.3, -0.25) is 4.79 Å². The molecule has 0 aromatic heterocycles. The van der Waals surface area contributed by atoms with Crippen LogP contribution in [0.3, 0.4) is 0 Å². The molecule has 25 heavy (non-hydrogen) atoms. The molecule has 3 rings (SSSR count). The Bertz CT molecular complexity index is 928. The summed E-state index contributed by atoms with van der Waals surface area (Å²) in [5.74, 6) is -0.190. The molecule has 0 atom stereocenters. The van der Waals surface area contributed by atoms with E-state index in [0.717, 1.165) is 22.9 Å². The van der Waals surface area contributed by atoms with Crippen molar-refractivity contribution in [3.63, 3.8) is 0 Å². The molecule has 0 saturated heterocycles. The van der Waals surface area contributed by atoms with Gasteiger partial charge >= 0.3 is 6.18 Å². The van der Waals surface area contributed by atoms with Crippen molar-refractivity contribution in [1.29, 1.82) is 0 Å². The van der Waals surface area contributed by atoms with Gasteiger partial charge in [0, 0.05) is 23.5 Å². The van der Waals surface area contributed by atoms with Gasteiger partial charge in [0.05, 0.1) is 5.56 Å². The average molecular weight is 341 g/mol. The Kier molecular flexibility index (Phi) is 4.57. The van der Waals surface area contributed by atoms with Gasteiger partial charge < -0.3 is 5.32 Å². The number of alkyl halides is 3. The number of ketones is 1. The van der Waals surface area contributed by atoms with Gasteiger partial charge in [0.25, 0.3) is 0 Å². The van der Waals surface area contributed by atoms with E-state index in [0.29, 0.717) is 11.3 Å². The zero-order valence-corrected chi connectivity index (χ0v) is 13.0. The molecule has 5 heteroatoms. The zero-order chi connectivity index (χ0) is 17.9. The van der Waals surface area contributed by atoms with E-state index in [1.165, 1.54) is 24.4 Å². The van der Waals surface area contributed by atoms with E-state index >= 15 is 0 Å². The van der Waals surface area contributed by atoms with Gasteiger partial charge in [-0.05, 0) is 41.1 Å². The second-order valence-corrected chi connectivity index (χ2v) is 5.48. The molecule has 0 spiro atoms. The van der Waals surface area contributed by atoms with Crippen molar-refractivity contribution in [2.75, 3.05) is 5.32 Å². The van der Waals surface area contributed by atoms with Crippen molar-refractivity contribution < 1.29 is 18.0 Å². The molecular formula is C20H14F3NO. The fraction of sp³-hybridized carbons (Fsp3) is 0.0500. The van der Waals surface area contributed by atoms with Crippen molar-refractivity contribution >= 4 is 22.2 Å². The summed E-state index contributed by atoms with van der Waals surface area (Å²) in [6, 6.07) is 17.7. The lowest BCUT2D eigenvalue weighted by molar-refractivity contribution is -0.137. The standard InChI is InChI=1S/C20H14F3NO/c21-20(22,23)17-7-9-18(10-8-17)24-12-11-19(25)16-6-5-14-3-1-2-4-15(14)13-16/h1-13,24H. The number of rotatable bonds is 4. The van der Waals surface area contributed by atoms with Crippen LogP contribution in [-0.2, 0) is 6.18 Å². The number of carbonyl (C=O) groups is 1. The molecule has 3 aromatic carbocycles. The van der Waals surface area contributed by atoms with Gasteiger partial charge in [-0.2, -0.15) is 13.2 Å². The first-order valence-corrected chi connectivity index (χ1v) is 7.57. The second-order valence-electron chi connectivity index (χ2n) is 5.48. The third kappa shape index (κ3) is 4.07. The van der Waals surface area contributed by atoms with Crippen LogP contribution in [0.4, 0.5) is 18.9 Å². The highest BCUT2D eigenvalue weighted by molar-refractivity contribution is 6.06. The first-order chi connectivity index (χ1) is 11.9. The van der Waals surface area contributed by atoms with Gasteiger partial charge in [0.2, 0.25) is 0 Å². The molecule has 1 N–H and O–H groups in total. The Morgan fingerprint density at radius 1 is 0.880 bits per heavy atom. The molecule has 0 aliphatic carbocycles. The van der Waals surface area contributed by atoms with Crippen LogP contribution in [0.2, 0.25) is 0 Å². The normalized spacial score (nSPS) is 11.8. The van der Waals surface area contributed by atoms with Crippen LogP contribution >= 0.6 is 0 Å². The fourth-order valence-electron chi connectivity index (χ4n) is 2.41. The lowest BCUT2D eigenvalue weighted by Gasteiger charge is -2.07. The van der Waals surface area contributed by atoms with Crippen LogP contribution in [0.15, 0.2) is 79.0 Å². The molecule has 0 fully saturated rings. The minimum atomic E-state index is -4.36. The summed E-state index contributed by atoms with van der Waals surface area (Å²) in [5, 5.41) is 4.81. The topological polar surface area (TPSA) is 29.1 Å². The Morgan fingerprint density at radius 2 is 1.56 bits per heavy atom. The number of benzene rings is 3. The predicted octanol–water partition coefficient (Wildman–Crippen LogP) is 5.67. The third-order valence-corrected chi connectivity index (χ3v) is 3.73. The summed E-state index contributed by atoms with van der Waals surface area (Å²) in [7, 11) is 0. The summed E-state index contributed by atoms with van der Waals surface area (Å²) in [4.78, 5) is 12.2. The quantitative estimate of drug-likeness (QED) is 0.489. The van der Waals surface area contributed by atoms with E-state index < -0.39 is 11.7 Å². The molecule has 0 aliphatic rings. The molecule has 0 saturated carbocycles. The minimum absolute atomic E-state index is 0.190. The Morgan fingerprint density at radius 3 is 2.24 bits per heavy atom. The summed E-state index contributed by atoms with van der Waals surface area (Å²) in [6.45, 7) is 0. The Labute approximate surface area is 142 Å². The number of hydrogen-bond acceptors (Lipinski definition) is 2. The Balaban J connectivity index is 1.67. The largest absolute Gasteiger partial charge is 0.416 e. The maximum absolute atomic E-state index is 12.5. The van der Waals surface area contributed by atoms with E-state index in [2.05, 4.69) is 5.32 Å². The number of halogens is 3. The smallest absolute Gasteiger partial charge is 0.362 e. The van der Waals surface area contributed by atoms with Crippen LogP contribution < -0.4 is 5.32 Å². The first-order valence-electron chi connectivity index (χ1n) is 7.57. The van der Waals surface area contributed by atoms with Gasteiger partial charge in [0.15, 0.2) is 5.78 Å². The van der Waals surface area contributed by atoms with Crippen molar-refractivity contribution in [3.05, 3.63) is 90.1 Å². The van der Waals surface area contributed by atoms with Crippen LogP contribution in [0.25, 0.3) is 10.8 Å². The van der Waals surface area contributed by atoms with Crippen molar-refractivity contribution in [2.45, 2.75) is 6.18 Å². The van der Waals surface area contributed by atoms with Gasteiger partial charge in [-0.1, -0.05) is 36.4 Å². The predicted molar refractivity (Wildman–Crippen MR) is 92.5 cm³/mol. The summed E-state index contributed by atoms with van der Waals surface area (Å²) in [5.41, 5.74) is 0.300. The number of allylic oxidation sites excluding steroid dienone is 1. The van der Waals surface area contributed by atoms with Crippen molar-refractivity contribution in [1.82, 2.24) is 0 Å². The molecule has 3 aromatic rings. The van der Waals surface area contributed by atoms with E-state index in [9.17, 15) is 18.0 Å². The lowest BCUT2D eigenvalue weighted by Crippen LogP contribution is -2.04. The summed E-state index contributed by atoms with van der Waals surface area (Å²) < 4.78 is 37.5. The highest BCUT2D eigenvalue weighted by atomic mass is 19.4. The van der Waals surface area contributed by atoms with Crippen LogP contribution in [-0.4, -0.2) is 5.78 Å². The summed E-state index contributed by atoms with van der Waals surface area (Å²) in [6.07, 6.45) is -1.59. The molecule has 0 unspecified atom stereocenters. The van der Waals surface area contributed by atoms with Crippen LogP contribution in [0.1, 0.15) is 15.9 Å². The number of hydrogen-bond donors (Lipinski definition) is 1. The monoisotopic (exact) mass is 341 g/mol. The molecule has 126 valence electrons. The molecule has 0 amide bonds. The lowest BCUT2D eigenvalue weighted by atomic mass is 10.0. The summed E-state index contributed by atoms with van der Waals surface area (Å²) >= 11 is 0.